The van der Waals surface area contributed by atoms with E-state index in [9.17, 15) is 4.39 Å². The Balaban J connectivity index is 3.25. The van der Waals surface area contributed by atoms with Crippen LogP contribution in [0, 0.1) is 0 Å². The third kappa shape index (κ3) is 2.26. The minimum atomic E-state index is -0.821. The van der Waals surface area contributed by atoms with Crippen molar-refractivity contribution in [2.75, 3.05) is 6.67 Å². The maximum absolute atomic E-state index is 12.3. The van der Waals surface area contributed by atoms with Gasteiger partial charge in [-0.2, -0.15) is 0 Å². The zero-order valence-corrected chi connectivity index (χ0v) is 8.80. The van der Waals surface area contributed by atoms with E-state index in [1.807, 2.05) is 0 Å². The van der Waals surface area contributed by atoms with Crippen molar-refractivity contribution in [2.45, 2.75) is 6.04 Å². The molecule has 2 N–H and O–H groups in total. The SMILES string of the molecule is N[C@H](CF)c1c(Cl)ccc(Cl)c1Cl. The first-order valence-corrected chi connectivity index (χ1v) is 4.66. The second-order valence-electron chi connectivity index (χ2n) is 2.52. The van der Waals surface area contributed by atoms with Crippen molar-refractivity contribution in [3.8, 4) is 0 Å². The molecule has 0 aliphatic carbocycles. The molecule has 1 aromatic carbocycles. The fraction of sp³-hybridized carbons (Fsp3) is 0.250. The molecule has 1 rings (SSSR count). The largest absolute Gasteiger partial charge is 0.322 e. The molecule has 5 heteroatoms. The van der Waals surface area contributed by atoms with E-state index in [-0.39, 0.29) is 5.02 Å². The van der Waals surface area contributed by atoms with Gasteiger partial charge in [0, 0.05) is 10.6 Å². The lowest BCUT2D eigenvalue weighted by atomic mass is 10.1. The summed E-state index contributed by atoms with van der Waals surface area (Å²) < 4.78 is 12.3. The van der Waals surface area contributed by atoms with Gasteiger partial charge in [-0.3, -0.25) is 0 Å². The molecule has 0 fully saturated rings. The standard InChI is InChI=1S/C8H7Cl3FN/c9-4-1-2-5(10)8(11)7(4)6(13)3-12/h1-2,6H,3,13H2/t6-/m1/s1. The number of hydrogen-bond acceptors (Lipinski definition) is 1. The van der Waals surface area contributed by atoms with Crippen molar-refractivity contribution in [3.63, 3.8) is 0 Å². The van der Waals surface area contributed by atoms with Gasteiger partial charge in [-0.05, 0) is 12.1 Å². The molecule has 72 valence electrons. The minimum Gasteiger partial charge on any atom is -0.322 e. The summed E-state index contributed by atoms with van der Waals surface area (Å²) in [6, 6.07) is 2.26. The molecule has 0 unspecified atom stereocenters. The van der Waals surface area contributed by atoms with Gasteiger partial charge in [-0.25, -0.2) is 4.39 Å². The molecule has 1 atom stereocenters. The molecule has 0 radical (unpaired) electrons. The Bertz CT molecular complexity index is 317. The number of rotatable bonds is 2. The minimum absolute atomic E-state index is 0.222. The van der Waals surface area contributed by atoms with Gasteiger partial charge < -0.3 is 5.73 Å². The molecule has 0 saturated heterocycles. The van der Waals surface area contributed by atoms with E-state index < -0.39 is 12.7 Å². The molecule has 13 heavy (non-hydrogen) atoms. The predicted molar refractivity (Wildman–Crippen MR) is 54.4 cm³/mol. The van der Waals surface area contributed by atoms with Crippen LogP contribution in [0.3, 0.4) is 0 Å². The molecule has 0 bridgehead atoms. The first-order chi connectivity index (χ1) is 6.07. The van der Waals surface area contributed by atoms with Gasteiger partial charge in [0.1, 0.15) is 6.67 Å². The highest BCUT2D eigenvalue weighted by molar-refractivity contribution is 6.44. The number of alkyl halides is 1. The summed E-state index contributed by atoms with van der Waals surface area (Å²) in [5, 5.41) is 0.879. The van der Waals surface area contributed by atoms with Crippen LogP contribution in [0.2, 0.25) is 15.1 Å². The maximum Gasteiger partial charge on any atom is 0.109 e. The van der Waals surface area contributed by atoms with Crippen LogP contribution in [0.25, 0.3) is 0 Å². The van der Waals surface area contributed by atoms with Crippen LogP contribution in [0.15, 0.2) is 12.1 Å². The van der Waals surface area contributed by atoms with Crippen LogP contribution in [0.5, 0.6) is 0 Å². The van der Waals surface area contributed by atoms with Crippen LogP contribution >= 0.6 is 34.8 Å². The average molecular weight is 243 g/mol. The number of benzene rings is 1. The van der Waals surface area contributed by atoms with Gasteiger partial charge in [-0.15, -0.1) is 0 Å². The highest BCUT2D eigenvalue weighted by atomic mass is 35.5. The lowest BCUT2D eigenvalue weighted by Gasteiger charge is -2.12. The van der Waals surface area contributed by atoms with Crippen molar-refractivity contribution >= 4 is 34.8 Å². The number of hydrogen-bond donors (Lipinski definition) is 1. The van der Waals surface area contributed by atoms with E-state index in [0.717, 1.165) is 0 Å². The summed E-state index contributed by atoms with van der Waals surface area (Å²) in [6.07, 6.45) is 0. The molecule has 0 aliphatic rings. The molecule has 0 heterocycles. The molecule has 0 spiro atoms. The maximum atomic E-state index is 12.3. The van der Waals surface area contributed by atoms with Crippen LogP contribution in [-0.4, -0.2) is 6.67 Å². The van der Waals surface area contributed by atoms with Crippen LogP contribution in [0.1, 0.15) is 11.6 Å². The van der Waals surface area contributed by atoms with Gasteiger partial charge in [0.2, 0.25) is 0 Å². The lowest BCUT2D eigenvalue weighted by Crippen LogP contribution is -2.13. The van der Waals surface area contributed by atoms with E-state index in [1.165, 1.54) is 0 Å². The Morgan fingerprint density at radius 1 is 1.23 bits per heavy atom. The first kappa shape index (κ1) is 11.1. The Hall–Kier alpha value is -0.0200. The van der Waals surface area contributed by atoms with Crippen molar-refractivity contribution in [1.82, 2.24) is 0 Å². The van der Waals surface area contributed by atoms with Gasteiger partial charge in [-0.1, -0.05) is 34.8 Å². The summed E-state index contributed by atoms with van der Waals surface area (Å²) in [4.78, 5) is 0. The summed E-state index contributed by atoms with van der Waals surface area (Å²) >= 11 is 17.3. The van der Waals surface area contributed by atoms with Gasteiger partial charge in [0.05, 0.1) is 16.1 Å². The van der Waals surface area contributed by atoms with Gasteiger partial charge in [0.25, 0.3) is 0 Å². The highest BCUT2D eigenvalue weighted by Crippen LogP contribution is 2.34. The van der Waals surface area contributed by atoms with Crippen LogP contribution in [-0.2, 0) is 0 Å². The first-order valence-electron chi connectivity index (χ1n) is 3.53. The molecule has 0 aliphatic heterocycles. The summed E-state index contributed by atoms with van der Waals surface area (Å²) in [6.45, 7) is -0.722. The summed E-state index contributed by atoms with van der Waals surface area (Å²) in [5.74, 6) is 0. The molecule has 0 saturated carbocycles. The van der Waals surface area contributed by atoms with E-state index in [2.05, 4.69) is 0 Å². The van der Waals surface area contributed by atoms with Crippen LogP contribution < -0.4 is 5.73 Å². The van der Waals surface area contributed by atoms with Crippen molar-refractivity contribution in [3.05, 3.63) is 32.8 Å². The fourth-order valence-electron chi connectivity index (χ4n) is 0.960. The van der Waals surface area contributed by atoms with E-state index in [0.29, 0.717) is 15.6 Å². The Morgan fingerprint density at radius 3 is 2.31 bits per heavy atom. The van der Waals surface area contributed by atoms with Gasteiger partial charge in [0.15, 0.2) is 0 Å². The molecule has 0 aromatic heterocycles. The second-order valence-corrected chi connectivity index (χ2v) is 3.71. The van der Waals surface area contributed by atoms with Crippen LogP contribution in [0.4, 0.5) is 4.39 Å². The molecule has 0 amide bonds. The van der Waals surface area contributed by atoms with E-state index in [1.54, 1.807) is 12.1 Å². The lowest BCUT2D eigenvalue weighted by molar-refractivity contribution is 0.437. The smallest absolute Gasteiger partial charge is 0.109 e. The summed E-state index contributed by atoms with van der Waals surface area (Å²) in [7, 11) is 0. The number of nitrogens with two attached hydrogens (primary N) is 1. The molecule has 1 aromatic rings. The second kappa shape index (κ2) is 4.47. The van der Waals surface area contributed by atoms with E-state index in [4.69, 9.17) is 40.5 Å². The number of halogens is 4. The Labute approximate surface area is 90.6 Å². The van der Waals surface area contributed by atoms with Crippen molar-refractivity contribution in [1.29, 1.82) is 0 Å². The normalized spacial score (nSPS) is 13.0. The Morgan fingerprint density at radius 2 is 1.77 bits per heavy atom. The van der Waals surface area contributed by atoms with Crippen molar-refractivity contribution < 1.29 is 4.39 Å². The predicted octanol–water partition coefficient (Wildman–Crippen LogP) is 3.62. The topological polar surface area (TPSA) is 26.0 Å². The van der Waals surface area contributed by atoms with E-state index >= 15 is 0 Å². The zero-order valence-electron chi connectivity index (χ0n) is 6.53. The summed E-state index contributed by atoms with van der Waals surface area (Å²) in [5.41, 5.74) is 5.82. The third-order valence-electron chi connectivity index (χ3n) is 1.62. The highest BCUT2D eigenvalue weighted by Gasteiger charge is 2.16. The third-order valence-corrected chi connectivity index (χ3v) is 2.76. The average Bonchev–Trinajstić information content (AvgIpc) is 2.12. The van der Waals surface area contributed by atoms with Crippen molar-refractivity contribution in [2.24, 2.45) is 5.73 Å². The Kier molecular flexibility index (Phi) is 3.80. The molecule has 1 nitrogen and oxygen atoms in total. The molecular formula is C8H7Cl3FN. The quantitative estimate of drug-likeness (QED) is 0.788. The van der Waals surface area contributed by atoms with Gasteiger partial charge >= 0.3 is 0 Å². The monoisotopic (exact) mass is 241 g/mol. The zero-order chi connectivity index (χ0) is 10.0. The molecular weight excluding hydrogens is 235 g/mol. The fourth-order valence-corrected chi connectivity index (χ4v) is 1.78.